The maximum Gasteiger partial charge on any atom is 0.226 e. The molecule has 3 aromatic rings. The number of carbonyl (C=O) groups excluding carboxylic acids is 2. The highest BCUT2D eigenvalue weighted by Gasteiger charge is 2.31. The molecule has 3 aromatic carbocycles. The fourth-order valence-electron chi connectivity index (χ4n) is 5.69. The molecule has 0 saturated carbocycles. The normalized spacial score (nSPS) is 16.5. The SMILES string of the molecule is CCC(=O)N1CCc2cc(Br)c(S(=O)(=O)CCC(=O)N3CCN([C@@H](c4ccccc4)c4ccc(Cl)cc4)CC3)cc21. The molecule has 0 unspecified atom stereocenters. The Morgan fingerprint density at radius 3 is 2.22 bits per heavy atom. The molecule has 1 fully saturated rings. The van der Waals surface area contributed by atoms with Gasteiger partial charge >= 0.3 is 0 Å². The molecule has 1 saturated heterocycles. The number of hydrogen-bond acceptors (Lipinski definition) is 5. The zero-order valence-electron chi connectivity index (χ0n) is 22.9. The van der Waals surface area contributed by atoms with Gasteiger partial charge in [-0.2, -0.15) is 0 Å². The lowest BCUT2D eigenvalue weighted by atomic mass is 9.96. The number of nitrogens with zero attached hydrogens (tertiary/aromatic N) is 3. The maximum atomic E-state index is 13.3. The van der Waals surface area contributed by atoms with Crippen LogP contribution in [-0.2, 0) is 25.8 Å². The van der Waals surface area contributed by atoms with Crippen LogP contribution in [0.3, 0.4) is 0 Å². The number of piperazine rings is 1. The Morgan fingerprint density at radius 1 is 0.902 bits per heavy atom. The quantitative estimate of drug-likeness (QED) is 0.320. The summed E-state index contributed by atoms with van der Waals surface area (Å²) in [7, 11) is -3.76. The van der Waals surface area contributed by atoms with Crippen LogP contribution in [0, 0.1) is 0 Å². The molecule has 10 heteroatoms. The summed E-state index contributed by atoms with van der Waals surface area (Å²) in [6, 6.07) is 21.5. The lowest BCUT2D eigenvalue weighted by Crippen LogP contribution is -2.50. The van der Waals surface area contributed by atoms with E-state index in [1.807, 2.05) is 42.5 Å². The van der Waals surface area contributed by atoms with Crippen molar-refractivity contribution in [3.63, 3.8) is 0 Å². The molecule has 2 aliphatic rings. The molecule has 41 heavy (non-hydrogen) atoms. The van der Waals surface area contributed by atoms with Crippen LogP contribution in [0.25, 0.3) is 0 Å². The Bertz CT molecular complexity index is 1520. The third kappa shape index (κ3) is 6.53. The number of hydrogen-bond donors (Lipinski definition) is 0. The van der Waals surface area contributed by atoms with Crippen molar-refractivity contribution in [2.75, 3.05) is 43.4 Å². The minimum atomic E-state index is -3.76. The maximum absolute atomic E-state index is 13.3. The summed E-state index contributed by atoms with van der Waals surface area (Å²) in [6.45, 7) is 4.71. The molecule has 2 aliphatic heterocycles. The molecule has 0 radical (unpaired) electrons. The second-order valence-corrected chi connectivity index (χ2v) is 13.8. The number of benzene rings is 3. The van der Waals surface area contributed by atoms with Crippen molar-refractivity contribution in [2.45, 2.75) is 37.1 Å². The molecule has 0 spiro atoms. The monoisotopic (exact) mass is 657 g/mol. The molecule has 216 valence electrons. The fourth-order valence-corrected chi connectivity index (χ4v) is 8.26. The van der Waals surface area contributed by atoms with Gasteiger partial charge < -0.3 is 9.80 Å². The molecule has 5 rings (SSSR count). The van der Waals surface area contributed by atoms with Crippen LogP contribution in [0.15, 0.2) is 76.1 Å². The van der Waals surface area contributed by atoms with E-state index < -0.39 is 9.84 Å². The molecule has 0 bridgehead atoms. The highest BCUT2D eigenvalue weighted by atomic mass is 79.9. The van der Waals surface area contributed by atoms with Gasteiger partial charge in [0.1, 0.15) is 0 Å². The van der Waals surface area contributed by atoms with E-state index in [-0.39, 0.29) is 34.9 Å². The van der Waals surface area contributed by atoms with E-state index in [2.05, 4.69) is 33.0 Å². The number of anilines is 1. The average Bonchev–Trinajstić information content (AvgIpc) is 3.40. The van der Waals surface area contributed by atoms with Crippen molar-refractivity contribution in [1.82, 2.24) is 9.80 Å². The van der Waals surface area contributed by atoms with E-state index in [1.165, 1.54) is 5.56 Å². The highest BCUT2D eigenvalue weighted by Crippen LogP contribution is 2.36. The highest BCUT2D eigenvalue weighted by molar-refractivity contribution is 9.10. The van der Waals surface area contributed by atoms with Gasteiger partial charge in [0.05, 0.1) is 16.7 Å². The summed E-state index contributed by atoms with van der Waals surface area (Å²) in [4.78, 5) is 31.4. The van der Waals surface area contributed by atoms with Gasteiger partial charge in [0.2, 0.25) is 11.8 Å². The third-order valence-electron chi connectivity index (χ3n) is 7.89. The minimum Gasteiger partial charge on any atom is -0.340 e. The molecule has 0 N–H and O–H groups in total. The van der Waals surface area contributed by atoms with Crippen LogP contribution in [-0.4, -0.2) is 68.5 Å². The Hall–Kier alpha value is -2.72. The van der Waals surface area contributed by atoms with Crippen LogP contribution in [0.1, 0.15) is 42.5 Å². The third-order valence-corrected chi connectivity index (χ3v) is 10.8. The van der Waals surface area contributed by atoms with E-state index in [4.69, 9.17) is 11.6 Å². The predicted octanol–water partition coefficient (Wildman–Crippen LogP) is 5.50. The van der Waals surface area contributed by atoms with E-state index >= 15 is 0 Å². The lowest BCUT2D eigenvalue weighted by molar-refractivity contribution is -0.132. The van der Waals surface area contributed by atoms with Crippen molar-refractivity contribution < 1.29 is 18.0 Å². The second kappa shape index (κ2) is 12.7. The average molecular weight is 659 g/mol. The molecular formula is C31H33BrClN3O4S. The second-order valence-electron chi connectivity index (χ2n) is 10.4. The van der Waals surface area contributed by atoms with Gasteiger partial charge in [0.25, 0.3) is 0 Å². The molecule has 1 atom stereocenters. The first-order valence-electron chi connectivity index (χ1n) is 13.9. The standard InChI is InChI=1S/C31H33BrClN3O4S/c1-2-29(37)36-14-12-24-20-26(32)28(21-27(24)36)41(39,40)19-13-30(38)34-15-17-35(18-16-34)31(22-6-4-3-5-7-22)23-8-10-25(33)11-9-23/h3-11,20-21,31H,2,12-19H2,1H3/t31-/m0/s1. The Labute approximate surface area is 255 Å². The molecule has 0 aromatic heterocycles. The Morgan fingerprint density at radius 2 is 1.56 bits per heavy atom. The van der Waals surface area contributed by atoms with Crippen LogP contribution < -0.4 is 4.90 Å². The van der Waals surface area contributed by atoms with Gasteiger partial charge in [0, 0.05) is 60.7 Å². The molecule has 2 heterocycles. The smallest absolute Gasteiger partial charge is 0.226 e. The minimum absolute atomic E-state index is 0.0300. The summed E-state index contributed by atoms with van der Waals surface area (Å²) < 4.78 is 27.2. The number of sulfone groups is 1. The first-order valence-corrected chi connectivity index (χ1v) is 16.7. The van der Waals surface area contributed by atoms with Gasteiger partial charge in [-0.05, 0) is 63.3 Å². The van der Waals surface area contributed by atoms with Gasteiger partial charge in [-0.1, -0.05) is 61.0 Å². The number of halogens is 2. The largest absolute Gasteiger partial charge is 0.340 e. The van der Waals surface area contributed by atoms with Gasteiger partial charge in [-0.15, -0.1) is 0 Å². The van der Waals surface area contributed by atoms with Crippen molar-refractivity contribution in [2.24, 2.45) is 0 Å². The van der Waals surface area contributed by atoms with Gasteiger partial charge in [-0.25, -0.2) is 8.42 Å². The number of fused-ring (bicyclic) bond motifs is 1. The molecule has 7 nitrogen and oxygen atoms in total. The van der Waals surface area contributed by atoms with Crippen LogP contribution in [0.5, 0.6) is 0 Å². The molecular weight excluding hydrogens is 626 g/mol. The predicted molar refractivity (Wildman–Crippen MR) is 165 cm³/mol. The number of amides is 2. The van der Waals surface area contributed by atoms with E-state index in [0.717, 1.165) is 11.1 Å². The molecule has 2 amide bonds. The first-order chi connectivity index (χ1) is 19.7. The fraction of sp³-hybridized carbons (Fsp3) is 0.355. The summed E-state index contributed by atoms with van der Waals surface area (Å²) in [6.07, 6.45) is 0.946. The van der Waals surface area contributed by atoms with E-state index in [1.54, 1.807) is 28.9 Å². The lowest BCUT2D eigenvalue weighted by Gasteiger charge is -2.40. The number of rotatable bonds is 8. The summed E-state index contributed by atoms with van der Waals surface area (Å²) in [5.74, 6) is -0.492. The van der Waals surface area contributed by atoms with E-state index in [0.29, 0.717) is 60.7 Å². The van der Waals surface area contributed by atoms with Crippen molar-refractivity contribution >= 4 is 54.9 Å². The zero-order chi connectivity index (χ0) is 29.1. The molecule has 0 aliphatic carbocycles. The summed E-state index contributed by atoms with van der Waals surface area (Å²) >= 11 is 9.56. The Kier molecular flexibility index (Phi) is 9.18. The van der Waals surface area contributed by atoms with Crippen LogP contribution >= 0.6 is 27.5 Å². The van der Waals surface area contributed by atoms with Crippen molar-refractivity contribution in [3.8, 4) is 0 Å². The van der Waals surface area contributed by atoms with E-state index in [9.17, 15) is 18.0 Å². The number of carbonyl (C=O) groups is 2. The summed E-state index contributed by atoms with van der Waals surface area (Å²) in [5, 5.41) is 0.685. The van der Waals surface area contributed by atoms with Crippen LogP contribution in [0.2, 0.25) is 5.02 Å². The first kappa shape index (κ1) is 29.8. The van der Waals surface area contributed by atoms with Gasteiger partial charge in [0.15, 0.2) is 9.84 Å². The topological polar surface area (TPSA) is 78.0 Å². The summed E-state index contributed by atoms with van der Waals surface area (Å²) in [5.41, 5.74) is 3.89. The van der Waals surface area contributed by atoms with Crippen LogP contribution in [0.4, 0.5) is 5.69 Å². The zero-order valence-corrected chi connectivity index (χ0v) is 26.1. The van der Waals surface area contributed by atoms with Gasteiger partial charge in [-0.3, -0.25) is 14.5 Å². The Balaban J connectivity index is 1.24. The van der Waals surface area contributed by atoms with Crippen molar-refractivity contribution in [1.29, 1.82) is 0 Å². The van der Waals surface area contributed by atoms with Crippen molar-refractivity contribution in [3.05, 3.63) is 92.9 Å².